The van der Waals surface area contributed by atoms with E-state index in [2.05, 4.69) is 4.98 Å². The Bertz CT molecular complexity index is 274. The summed E-state index contributed by atoms with van der Waals surface area (Å²) >= 11 is 0. The first kappa shape index (κ1) is 9.06. The van der Waals surface area contributed by atoms with Gasteiger partial charge in [-0.2, -0.15) is 0 Å². The smallest absolute Gasteiger partial charge is 0.148 e. The van der Waals surface area contributed by atoms with Gasteiger partial charge in [-0.1, -0.05) is 0 Å². The Morgan fingerprint density at radius 1 is 1.42 bits per heavy atom. The second-order valence-corrected chi connectivity index (χ2v) is 2.82. The summed E-state index contributed by atoms with van der Waals surface area (Å²) in [4.78, 5) is 5.39. The molecule has 1 rings (SSSR count). The maximum Gasteiger partial charge on any atom is 0.148 e. The second-order valence-electron chi connectivity index (χ2n) is 2.82. The van der Waals surface area contributed by atoms with E-state index in [0.29, 0.717) is 6.54 Å². The van der Waals surface area contributed by atoms with Crippen LogP contribution in [0.4, 0.5) is 8.78 Å². The van der Waals surface area contributed by atoms with Crippen LogP contribution in [0.3, 0.4) is 0 Å². The molecule has 12 heavy (non-hydrogen) atoms. The molecule has 0 aromatic carbocycles. The van der Waals surface area contributed by atoms with Crippen LogP contribution in [0, 0.1) is 11.6 Å². The maximum absolute atomic E-state index is 12.9. The first-order valence-electron chi connectivity index (χ1n) is 3.54. The van der Waals surface area contributed by atoms with Gasteiger partial charge < -0.3 is 4.90 Å². The molecule has 1 aromatic rings. The Kier molecular flexibility index (Phi) is 2.70. The molecular weight excluding hydrogens is 162 g/mol. The molecule has 4 heteroatoms. The summed E-state index contributed by atoms with van der Waals surface area (Å²) in [7, 11) is 3.59. The van der Waals surface area contributed by atoms with Crippen molar-refractivity contribution < 1.29 is 8.78 Å². The van der Waals surface area contributed by atoms with Crippen molar-refractivity contribution >= 4 is 0 Å². The third-order valence-corrected chi connectivity index (χ3v) is 1.35. The van der Waals surface area contributed by atoms with E-state index in [1.54, 1.807) is 19.0 Å². The number of rotatable bonds is 2. The van der Waals surface area contributed by atoms with Crippen LogP contribution in [0.1, 0.15) is 5.69 Å². The Balaban J connectivity index is 2.86. The number of nitrogens with zero attached hydrogens (tertiary/aromatic N) is 2. The average molecular weight is 172 g/mol. The normalized spacial score (nSPS) is 10.8. The highest BCUT2D eigenvalue weighted by atomic mass is 19.1. The second kappa shape index (κ2) is 3.58. The highest BCUT2D eigenvalue weighted by Crippen LogP contribution is 2.06. The largest absolute Gasteiger partial charge is 0.303 e. The Hall–Kier alpha value is -1.03. The first-order chi connectivity index (χ1) is 5.59. The number of halogens is 2. The highest BCUT2D eigenvalue weighted by molar-refractivity contribution is 5.08. The quantitative estimate of drug-likeness (QED) is 0.670. The molecule has 0 spiro atoms. The lowest BCUT2D eigenvalue weighted by molar-refractivity contribution is 0.384. The van der Waals surface area contributed by atoms with Gasteiger partial charge in [0.25, 0.3) is 0 Å². The van der Waals surface area contributed by atoms with Gasteiger partial charge in [-0.25, -0.2) is 8.78 Å². The van der Waals surface area contributed by atoms with Gasteiger partial charge in [0.15, 0.2) is 0 Å². The molecule has 0 fully saturated rings. The summed E-state index contributed by atoms with van der Waals surface area (Å²) in [5, 5.41) is 0. The van der Waals surface area contributed by atoms with Gasteiger partial charge in [0.05, 0.1) is 11.9 Å². The zero-order valence-corrected chi connectivity index (χ0v) is 7.01. The van der Waals surface area contributed by atoms with E-state index in [1.807, 2.05) is 0 Å². The van der Waals surface area contributed by atoms with Gasteiger partial charge in [0.1, 0.15) is 11.6 Å². The minimum Gasteiger partial charge on any atom is -0.303 e. The van der Waals surface area contributed by atoms with Crippen molar-refractivity contribution in [2.45, 2.75) is 6.54 Å². The zero-order chi connectivity index (χ0) is 9.14. The SMILES string of the molecule is CN(C)Cc1ncc(F)cc1F. The van der Waals surface area contributed by atoms with Crippen LogP contribution in [0.5, 0.6) is 0 Å². The standard InChI is InChI=1S/C8H10F2N2/c1-12(2)5-8-7(10)3-6(9)4-11-8/h3-4H,5H2,1-2H3. The third kappa shape index (κ3) is 2.23. The monoisotopic (exact) mass is 172 g/mol. The van der Waals surface area contributed by atoms with Crippen LogP contribution in [-0.4, -0.2) is 24.0 Å². The van der Waals surface area contributed by atoms with Crippen molar-refractivity contribution in [1.29, 1.82) is 0 Å². The van der Waals surface area contributed by atoms with Gasteiger partial charge in [-0.15, -0.1) is 0 Å². The van der Waals surface area contributed by atoms with Crippen molar-refractivity contribution in [3.8, 4) is 0 Å². The molecule has 0 radical (unpaired) electrons. The lowest BCUT2D eigenvalue weighted by Crippen LogP contribution is -2.13. The topological polar surface area (TPSA) is 16.1 Å². The molecule has 0 aliphatic carbocycles. The van der Waals surface area contributed by atoms with E-state index in [1.165, 1.54) is 0 Å². The lowest BCUT2D eigenvalue weighted by Gasteiger charge is -2.08. The number of hydrogen-bond acceptors (Lipinski definition) is 2. The fourth-order valence-electron chi connectivity index (χ4n) is 0.859. The Morgan fingerprint density at radius 3 is 2.58 bits per heavy atom. The molecule has 0 amide bonds. The van der Waals surface area contributed by atoms with Crippen molar-refractivity contribution in [1.82, 2.24) is 9.88 Å². The van der Waals surface area contributed by atoms with Gasteiger partial charge in [0.2, 0.25) is 0 Å². The fourth-order valence-corrected chi connectivity index (χ4v) is 0.859. The molecule has 0 N–H and O–H groups in total. The van der Waals surface area contributed by atoms with Gasteiger partial charge in [0, 0.05) is 12.6 Å². The molecule has 0 atom stereocenters. The molecular formula is C8H10F2N2. The highest BCUT2D eigenvalue weighted by Gasteiger charge is 2.05. The molecule has 2 nitrogen and oxygen atoms in total. The molecule has 0 aliphatic rings. The Morgan fingerprint density at radius 2 is 2.08 bits per heavy atom. The summed E-state index contributed by atoms with van der Waals surface area (Å²) in [6, 6.07) is 0.839. The molecule has 1 aromatic heterocycles. The molecule has 0 saturated heterocycles. The molecule has 0 aliphatic heterocycles. The fraction of sp³-hybridized carbons (Fsp3) is 0.375. The summed E-state index contributed by atoms with van der Waals surface area (Å²) in [6.07, 6.45) is 1.02. The molecule has 0 bridgehead atoms. The van der Waals surface area contributed by atoms with E-state index in [-0.39, 0.29) is 5.69 Å². The molecule has 1 heterocycles. The van der Waals surface area contributed by atoms with Crippen molar-refractivity contribution in [2.24, 2.45) is 0 Å². The number of aromatic nitrogens is 1. The zero-order valence-electron chi connectivity index (χ0n) is 7.01. The summed E-state index contributed by atoms with van der Waals surface area (Å²) in [5.74, 6) is -1.24. The number of pyridine rings is 1. The first-order valence-corrected chi connectivity index (χ1v) is 3.54. The maximum atomic E-state index is 12.9. The van der Waals surface area contributed by atoms with E-state index in [4.69, 9.17) is 0 Å². The number of hydrogen-bond donors (Lipinski definition) is 0. The predicted molar refractivity (Wildman–Crippen MR) is 41.5 cm³/mol. The lowest BCUT2D eigenvalue weighted by atomic mass is 10.3. The summed E-state index contributed by atoms with van der Waals surface area (Å²) in [6.45, 7) is 0.381. The van der Waals surface area contributed by atoms with Crippen molar-refractivity contribution in [3.05, 3.63) is 29.6 Å². The van der Waals surface area contributed by atoms with E-state index < -0.39 is 11.6 Å². The van der Waals surface area contributed by atoms with E-state index in [9.17, 15) is 8.78 Å². The van der Waals surface area contributed by atoms with Crippen LogP contribution in [0.15, 0.2) is 12.3 Å². The van der Waals surface area contributed by atoms with Crippen LogP contribution in [0.25, 0.3) is 0 Å². The van der Waals surface area contributed by atoms with Crippen LogP contribution < -0.4 is 0 Å². The van der Waals surface area contributed by atoms with Crippen LogP contribution in [-0.2, 0) is 6.54 Å². The predicted octanol–water partition coefficient (Wildman–Crippen LogP) is 1.42. The summed E-state index contributed by atoms with van der Waals surface area (Å²) < 4.78 is 25.3. The molecule has 0 saturated carbocycles. The molecule has 66 valence electrons. The van der Waals surface area contributed by atoms with Crippen LogP contribution >= 0.6 is 0 Å². The van der Waals surface area contributed by atoms with Gasteiger partial charge in [-0.05, 0) is 14.1 Å². The summed E-state index contributed by atoms with van der Waals surface area (Å²) in [5.41, 5.74) is 0.265. The van der Waals surface area contributed by atoms with Gasteiger partial charge in [-0.3, -0.25) is 4.98 Å². The molecule has 0 unspecified atom stereocenters. The van der Waals surface area contributed by atoms with Gasteiger partial charge >= 0.3 is 0 Å². The van der Waals surface area contributed by atoms with Crippen molar-refractivity contribution in [2.75, 3.05) is 14.1 Å². The minimum atomic E-state index is -0.644. The minimum absolute atomic E-state index is 0.265. The van der Waals surface area contributed by atoms with E-state index >= 15 is 0 Å². The average Bonchev–Trinajstić information content (AvgIpc) is 1.94. The third-order valence-electron chi connectivity index (χ3n) is 1.35. The Labute approximate surface area is 69.8 Å². The van der Waals surface area contributed by atoms with Crippen LogP contribution in [0.2, 0.25) is 0 Å². The van der Waals surface area contributed by atoms with E-state index in [0.717, 1.165) is 12.3 Å². The van der Waals surface area contributed by atoms with Crippen molar-refractivity contribution in [3.63, 3.8) is 0 Å².